The number of likely N-dealkylation sites (tertiary alicyclic amines) is 1. The zero-order valence-electron chi connectivity index (χ0n) is 33.5. The van der Waals surface area contributed by atoms with Gasteiger partial charge in [-0.25, -0.2) is 13.2 Å². The van der Waals surface area contributed by atoms with Gasteiger partial charge in [0.25, 0.3) is 5.91 Å². The van der Waals surface area contributed by atoms with E-state index in [-0.39, 0.29) is 19.4 Å². The summed E-state index contributed by atoms with van der Waals surface area (Å²) in [5, 5.41) is 6.61. The summed E-state index contributed by atoms with van der Waals surface area (Å²) < 4.78 is 46.5. The van der Waals surface area contributed by atoms with Crippen molar-refractivity contribution in [3.05, 3.63) is 64.7 Å². The van der Waals surface area contributed by atoms with Crippen LogP contribution in [-0.2, 0) is 33.9 Å². The van der Waals surface area contributed by atoms with Gasteiger partial charge in [0.15, 0.2) is 12.0 Å². The summed E-state index contributed by atoms with van der Waals surface area (Å²) in [6, 6.07) is 8.38. The van der Waals surface area contributed by atoms with Gasteiger partial charge in [-0.2, -0.15) is 0 Å². The summed E-state index contributed by atoms with van der Waals surface area (Å²) in [5.74, 6) is -2.08. The van der Waals surface area contributed by atoms with Gasteiger partial charge in [-0.1, -0.05) is 50.0 Å². The lowest BCUT2D eigenvalue weighted by molar-refractivity contribution is -0.143. The molecule has 3 fully saturated rings. The second kappa shape index (κ2) is 14.8. The number of nitrogens with zero attached hydrogens (tertiary/aromatic N) is 2. The van der Waals surface area contributed by atoms with Crippen molar-refractivity contribution in [3.8, 4) is 11.3 Å². The summed E-state index contributed by atoms with van der Waals surface area (Å²) in [4.78, 5) is 59.3. The number of hydrogen-bond donors (Lipinski definition) is 3. The Morgan fingerprint density at radius 1 is 1.03 bits per heavy atom. The molecule has 2 aliphatic heterocycles. The number of amides is 4. The number of sulfonamides is 1. The number of anilines is 1. The molecule has 3 N–H and O–H groups in total. The number of nitrogens with one attached hydrogen (secondary N) is 3. The maximum Gasteiger partial charge on any atom is 0.408 e. The minimum absolute atomic E-state index is 0.0112. The molecular weight excluding hydrogens is 809 g/mol. The Labute approximate surface area is 348 Å². The second-order valence-electron chi connectivity index (χ2n) is 17.7. The number of fused-ring (bicyclic) bond motifs is 5. The Hall–Kier alpha value is -4.31. The van der Waals surface area contributed by atoms with E-state index in [4.69, 9.17) is 37.1 Å². The zero-order valence-corrected chi connectivity index (χ0v) is 35.8. The molecule has 3 heterocycles. The SMILES string of the molecule is C=C[C@@H]1C[C@]1(NC(=O)[C@@H]1C[C@@H](OC2c3cc(Cl)ccc3-c3oc4ccc(Cl)cc4c3N2C)CN1C(=O)[C@@H](NC(=O)OC(C)(C)C)C(C)(C)C)C(=O)NS(=O)(=O)C1CC1. The van der Waals surface area contributed by atoms with Crippen molar-refractivity contribution in [1.29, 1.82) is 0 Å². The third-order valence-corrected chi connectivity index (χ3v) is 13.3. The summed E-state index contributed by atoms with van der Waals surface area (Å²) in [6.45, 7) is 14.2. The van der Waals surface area contributed by atoms with Gasteiger partial charge in [-0.3, -0.25) is 19.1 Å². The van der Waals surface area contributed by atoms with Crippen molar-refractivity contribution in [2.24, 2.45) is 11.3 Å². The highest BCUT2D eigenvalue weighted by molar-refractivity contribution is 7.91. The number of halogens is 2. The van der Waals surface area contributed by atoms with E-state index >= 15 is 0 Å². The van der Waals surface area contributed by atoms with E-state index in [0.717, 1.165) is 16.6 Å². The molecule has 4 amide bonds. The van der Waals surface area contributed by atoms with E-state index in [0.29, 0.717) is 39.8 Å². The molecule has 2 aromatic carbocycles. The minimum atomic E-state index is -3.93. The van der Waals surface area contributed by atoms with Crippen molar-refractivity contribution in [1.82, 2.24) is 20.3 Å². The van der Waals surface area contributed by atoms with Crippen molar-refractivity contribution in [2.75, 3.05) is 18.5 Å². The zero-order chi connectivity index (χ0) is 42.3. The average Bonchev–Trinajstić information content (AvgIpc) is 4.02. The average molecular weight is 859 g/mol. The topological polar surface area (TPSA) is 177 Å². The normalized spacial score (nSPS) is 24.7. The second-order valence-corrected chi connectivity index (χ2v) is 20.6. The highest BCUT2D eigenvalue weighted by Gasteiger charge is 2.62. The molecule has 312 valence electrons. The molecule has 17 heteroatoms. The quantitative estimate of drug-likeness (QED) is 0.192. The number of benzene rings is 2. The number of alkyl carbamates (subject to hydrolysis) is 1. The number of hydrogen-bond acceptors (Lipinski definition) is 10. The van der Waals surface area contributed by atoms with Gasteiger partial charge in [-0.15, -0.1) is 6.58 Å². The van der Waals surface area contributed by atoms with Crippen LogP contribution in [0.15, 0.2) is 53.5 Å². The van der Waals surface area contributed by atoms with Crippen LogP contribution in [0.4, 0.5) is 10.5 Å². The fourth-order valence-electron chi connectivity index (χ4n) is 7.85. The first-order chi connectivity index (χ1) is 27.0. The number of rotatable bonds is 10. The Bertz CT molecular complexity index is 2320. The molecule has 2 saturated carbocycles. The molecule has 1 saturated heterocycles. The van der Waals surface area contributed by atoms with E-state index in [1.165, 1.54) is 11.0 Å². The largest absolute Gasteiger partial charge is 0.454 e. The molecule has 3 aromatic rings. The highest BCUT2D eigenvalue weighted by atomic mass is 35.5. The number of carbonyl (C=O) groups excluding carboxylic acids is 4. The number of carbonyl (C=O) groups is 4. The molecule has 1 unspecified atom stereocenters. The standard InChI is InChI=1S/C41H49Cl2N5O9S/c1-9-21-19-41(21,37(51)46-58(53,54)25-12-13-25)45-34(49)29-18-24(20-48(29)35(50)33(39(2,3)4)44-38(52)57-40(5,6)7)55-36-27-16-22(42)10-14-26(27)32-31(47(36)8)28-17-23(43)11-15-30(28)56-32/h9-11,14-17,21,24-25,29,33,36H,1,12-13,18-20H2,2-8H3,(H,44,52)(H,45,49)(H,46,51)/t21-,24-,29+,33-,36?,41-/m1/s1. The van der Waals surface area contributed by atoms with E-state index in [1.807, 2.05) is 24.1 Å². The van der Waals surface area contributed by atoms with E-state index < -0.39 is 86.0 Å². The van der Waals surface area contributed by atoms with Gasteiger partial charge in [0.1, 0.15) is 28.8 Å². The van der Waals surface area contributed by atoms with Crippen molar-refractivity contribution in [2.45, 2.75) is 108 Å². The van der Waals surface area contributed by atoms with Crippen molar-refractivity contribution in [3.63, 3.8) is 0 Å². The van der Waals surface area contributed by atoms with Crippen LogP contribution in [0.5, 0.6) is 0 Å². The molecule has 58 heavy (non-hydrogen) atoms. The number of ether oxygens (including phenoxy) is 2. The van der Waals surface area contributed by atoms with Crippen LogP contribution < -0.4 is 20.3 Å². The van der Waals surface area contributed by atoms with Gasteiger partial charge >= 0.3 is 6.09 Å². The van der Waals surface area contributed by atoms with Crippen LogP contribution in [0.25, 0.3) is 22.3 Å². The first-order valence-corrected chi connectivity index (χ1v) is 21.5. The molecular formula is C41H49Cl2N5O9S. The summed E-state index contributed by atoms with van der Waals surface area (Å²) >= 11 is 13.0. The highest BCUT2D eigenvalue weighted by Crippen LogP contribution is 2.51. The molecule has 0 spiro atoms. The van der Waals surface area contributed by atoms with Crippen molar-refractivity contribution < 1.29 is 41.5 Å². The third kappa shape index (κ3) is 8.02. The van der Waals surface area contributed by atoms with Crippen LogP contribution in [0, 0.1) is 11.3 Å². The summed E-state index contributed by atoms with van der Waals surface area (Å²) in [6.07, 6.45) is 0.138. The van der Waals surface area contributed by atoms with Gasteiger partial charge in [-0.05, 0) is 81.8 Å². The molecule has 0 bridgehead atoms. The fraction of sp³-hybridized carbons (Fsp3) is 0.512. The van der Waals surface area contributed by atoms with Crippen LogP contribution >= 0.6 is 23.2 Å². The van der Waals surface area contributed by atoms with E-state index in [1.54, 1.807) is 65.8 Å². The van der Waals surface area contributed by atoms with Gasteiger partial charge in [0.2, 0.25) is 21.8 Å². The molecule has 4 aliphatic rings. The van der Waals surface area contributed by atoms with Gasteiger partial charge < -0.3 is 34.3 Å². The fourth-order valence-corrected chi connectivity index (χ4v) is 9.57. The Morgan fingerprint density at radius 2 is 1.71 bits per heavy atom. The Kier molecular flexibility index (Phi) is 10.6. The molecule has 1 aromatic heterocycles. The van der Waals surface area contributed by atoms with Crippen molar-refractivity contribution >= 4 is 73.7 Å². The lowest BCUT2D eigenvalue weighted by Crippen LogP contribution is -2.60. The lowest BCUT2D eigenvalue weighted by Gasteiger charge is -2.37. The predicted octanol–water partition coefficient (Wildman–Crippen LogP) is 6.45. The lowest BCUT2D eigenvalue weighted by atomic mass is 9.85. The Morgan fingerprint density at radius 3 is 2.33 bits per heavy atom. The molecule has 7 rings (SSSR count). The van der Waals surface area contributed by atoms with E-state index in [9.17, 15) is 27.6 Å². The number of furan rings is 1. The maximum absolute atomic E-state index is 14.8. The van der Waals surface area contributed by atoms with E-state index in [2.05, 4.69) is 21.9 Å². The third-order valence-electron chi connectivity index (χ3n) is 11.0. The first kappa shape index (κ1) is 41.8. The summed E-state index contributed by atoms with van der Waals surface area (Å²) in [5.41, 5.74) is -0.523. The van der Waals surface area contributed by atoms with Crippen LogP contribution in [0.1, 0.15) is 79.0 Å². The molecule has 14 nitrogen and oxygen atoms in total. The maximum atomic E-state index is 14.8. The molecule has 0 radical (unpaired) electrons. The van der Waals surface area contributed by atoms with Gasteiger partial charge in [0.05, 0.1) is 17.0 Å². The molecule has 6 atom stereocenters. The van der Waals surface area contributed by atoms with Gasteiger partial charge in [0, 0.05) is 52.5 Å². The van der Waals surface area contributed by atoms with Crippen LogP contribution in [-0.4, -0.2) is 85.3 Å². The first-order valence-electron chi connectivity index (χ1n) is 19.2. The monoisotopic (exact) mass is 857 g/mol. The predicted molar refractivity (Wildman–Crippen MR) is 220 cm³/mol. The van der Waals surface area contributed by atoms with Crippen LogP contribution in [0.3, 0.4) is 0 Å². The Balaban J connectivity index is 1.22. The smallest absolute Gasteiger partial charge is 0.408 e. The molecule has 2 aliphatic carbocycles. The minimum Gasteiger partial charge on any atom is -0.454 e. The van der Waals surface area contributed by atoms with Crippen LogP contribution in [0.2, 0.25) is 10.0 Å². The summed E-state index contributed by atoms with van der Waals surface area (Å²) in [7, 11) is -2.09.